The standard InChI is InChI=1S/C25H31N5O3/c1-17(2)14-27-22(31)21-16-30-13-10-26-24(30)25(33-21)8-11-29(12-9-25)23(32)19-15-28(3)20-7-5-4-6-18(19)20/h4-7,10,13,15,17,21H,8-9,11-12,14,16H2,1-3H3,(H,27,31)/t21-/m1/s1. The molecule has 1 N–H and O–H groups in total. The van der Waals surface area contributed by atoms with Gasteiger partial charge in [-0.25, -0.2) is 4.98 Å². The third-order valence-corrected chi connectivity index (χ3v) is 6.82. The van der Waals surface area contributed by atoms with Crippen LogP contribution in [0.3, 0.4) is 0 Å². The lowest BCUT2D eigenvalue weighted by Gasteiger charge is -2.45. The number of hydrogen-bond acceptors (Lipinski definition) is 4. The van der Waals surface area contributed by atoms with Crippen LogP contribution in [-0.4, -0.2) is 56.6 Å². The van der Waals surface area contributed by atoms with Crippen molar-refractivity contribution in [1.29, 1.82) is 0 Å². The number of benzene rings is 1. The highest BCUT2D eigenvalue weighted by atomic mass is 16.5. The number of amides is 2. The predicted octanol–water partition coefficient (Wildman–Crippen LogP) is 2.68. The largest absolute Gasteiger partial charge is 0.354 e. The molecule has 33 heavy (non-hydrogen) atoms. The summed E-state index contributed by atoms with van der Waals surface area (Å²) in [5, 5.41) is 3.97. The lowest BCUT2D eigenvalue weighted by molar-refractivity contribution is -0.172. The van der Waals surface area contributed by atoms with Crippen LogP contribution >= 0.6 is 0 Å². The fraction of sp³-hybridized carbons (Fsp3) is 0.480. The van der Waals surface area contributed by atoms with Crippen LogP contribution in [0.2, 0.25) is 0 Å². The molecule has 2 aromatic heterocycles. The van der Waals surface area contributed by atoms with Gasteiger partial charge in [0.05, 0.1) is 12.1 Å². The smallest absolute Gasteiger partial charge is 0.256 e. The van der Waals surface area contributed by atoms with Crippen LogP contribution in [-0.2, 0) is 28.7 Å². The first-order valence-electron chi connectivity index (χ1n) is 11.7. The van der Waals surface area contributed by atoms with E-state index < -0.39 is 11.7 Å². The van der Waals surface area contributed by atoms with Crippen molar-refractivity contribution in [3.63, 3.8) is 0 Å². The highest BCUT2D eigenvalue weighted by Gasteiger charge is 2.47. The van der Waals surface area contributed by atoms with Gasteiger partial charge in [0.1, 0.15) is 11.4 Å². The molecule has 3 aromatic rings. The molecule has 2 amide bonds. The molecule has 4 heterocycles. The Morgan fingerprint density at radius 3 is 2.76 bits per heavy atom. The number of likely N-dealkylation sites (tertiary alicyclic amines) is 1. The first-order valence-corrected chi connectivity index (χ1v) is 11.7. The molecule has 0 aliphatic carbocycles. The Balaban J connectivity index is 1.34. The number of rotatable bonds is 4. The van der Waals surface area contributed by atoms with Crippen LogP contribution in [0.25, 0.3) is 10.9 Å². The Kier molecular flexibility index (Phi) is 5.48. The number of imidazole rings is 1. The van der Waals surface area contributed by atoms with Crippen LogP contribution in [0, 0.1) is 5.92 Å². The van der Waals surface area contributed by atoms with E-state index in [1.54, 1.807) is 6.20 Å². The summed E-state index contributed by atoms with van der Waals surface area (Å²) in [5.41, 5.74) is 1.11. The summed E-state index contributed by atoms with van der Waals surface area (Å²) in [6.45, 7) is 6.32. The number of carbonyl (C=O) groups excluding carboxylic acids is 2. The minimum absolute atomic E-state index is 0.0343. The first kappa shape index (κ1) is 21.7. The molecule has 0 saturated carbocycles. The van der Waals surface area contributed by atoms with Gasteiger partial charge in [0.25, 0.3) is 11.8 Å². The summed E-state index contributed by atoms with van der Waals surface area (Å²) in [5.74, 6) is 1.18. The number of ether oxygens (including phenoxy) is 1. The molecular formula is C25H31N5O3. The number of hydrogen-bond donors (Lipinski definition) is 1. The topological polar surface area (TPSA) is 81.4 Å². The molecule has 1 fully saturated rings. The van der Waals surface area contributed by atoms with E-state index in [9.17, 15) is 9.59 Å². The maximum atomic E-state index is 13.4. The summed E-state index contributed by atoms with van der Waals surface area (Å²) in [6.07, 6.45) is 6.24. The van der Waals surface area contributed by atoms with Crippen molar-refractivity contribution in [2.24, 2.45) is 13.0 Å². The van der Waals surface area contributed by atoms with E-state index >= 15 is 0 Å². The molecule has 0 radical (unpaired) electrons. The highest BCUT2D eigenvalue weighted by molar-refractivity contribution is 6.07. The zero-order chi connectivity index (χ0) is 23.2. The molecule has 1 atom stereocenters. The fourth-order valence-corrected chi connectivity index (χ4v) is 5.05. The average Bonchev–Trinajstić information content (AvgIpc) is 3.43. The van der Waals surface area contributed by atoms with Gasteiger partial charge in [-0.2, -0.15) is 0 Å². The Bertz CT molecular complexity index is 1190. The number of carbonyl (C=O) groups is 2. The van der Waals surface area contributed by atoms with Crippen LogP contribution < -0.4 is 5.32 Å². The average molecular weight is 450 g/mol. The van der Waals surface area contributed by atoms with Crippen molar-refractivity contribution in [3.8, 4) is 0 Å². The van der Waals surface area contributed by atoms with Gasteiger partial charge in [0.2, 0.25) is 0 Å². The van der Waals surface area contributed by atoms with Gasteiger partial charge >= 0.3 is 0 Å². The molecule has 5 rings (SSSR count). The summed E-state index contributed by atoms with van der Waals surface area (Å²) >= 11 is 0. The highest BCUT2D eigenvalue weighted by Crippen LogP contribution is 2.40. The fourth-order valence-electron chi connectivity index (χ4n) is 5.05. The van der Waals surface area contributed by atoms with Gasteiger partial charge in [0.15, 0.2) is 6.10 Å². The number of aromatic nitrogens is 3. The van der Waals surface area contributed by atoms with Crippen molar-refractivity contribution in [3.05, 3.63) is 54.2 Å². The number of para-hydroxylation sites is 1. The van der Waals surface area contributed by atoms with Crippen LogP contribution in [0.4, 0.5) is 0 Å². The van der Waals surface area contributed by atoms with E-state index in [1.807, 2.05) is 57.7 Å². The second-order valence-electron chi connectivity index (χ2n) is 9.61. The van der Waals surface area contributed by atoms with Gasteiger partial charge < -0.3 is 24.1 Å². The van der Waals surface area contributed by atoms with Crippen LogP contribution in [0.1, 0.15) is 42.9 Å². The predicted molar refractivity (Wildman–Crippen MR) is 125 cm³/mol. The van der Waals surface area contributed by atoms with E-state index in [-0.39, 0.29) is 11.8 Å². The van der Waals surface area contributed by atoms with Crippen LogP contribution in [0.5, 0.6) is 0 Å². The Morgan fingerprint density at radius 1 is 1.24 bits per heavy atom. The molecule has 0 unspecified atom stereocenters. The summed E-state index contributed by atoms with van der Waals surface area (Å²) in [4.78, 5) is 32.7. The van der Waals surface area contributed by atoms with E-state index in [2.05, 4.69) is 24.1 Å². The second-order valence-corrected chi connectivity index (χ2v) is 9.61. The number of piperidine rings is 1. The molecule has 8 heteroatoms. The van der Waals surface area contributed by atoms with E-state index in [1.165, 1.54) is 0 Å². The van der Waals surface area contributed by atoms with E-state index in [0.29, 0.717) is 44.9 Å². The van der Waals surface area contributed by atoms with Crippen molar-refractivity contribution >= 4 is 22.7 Å². The molecule has 2 aliphatic heterocycles. The first-order chi connectivity index (χ1) is 15.9. The minimum Gasteiger partial charge on any atom is -0.354 e. The normalized spacial score (nSPS) is 19.8. The van der Waals surface area contributed by atoms with Gasteiger partial charge in [-0.15, -0.1) is 0 Å². The Morgan fingerprint density at radius 2 is 2.00 bits per heavy atom. The van der Waals surface area contributed by atoms with Crippen molar-refractivity contribution < 1.29 is 14.3 Å². The quantitative estimate of drug-likeness (QED) is 0.664. The van der Waals surface area contributed by atoms with Crippen molar-refractivity contribution in [2.75, 3.05) is 19.6 Å². The third-order valence-electron chi connectivity index (χ3n) is 6.82. The SMILES string of the molecule is CC(C)CNC(=O)[C@H]1Cn2ccnc2C2(CCN(C(=O)c3cn(C)c4ccccc34)CC2)O1. The third kappa shape index (κ3) is 3.82. The maximum Gasteiger partial charge on any atom is 0.256 e. The second kappa shape index (κ2) is 8.33. The minimum atomic E-state index is -0.656. The molecule has 8 nitrogen and oxygen atoms in total. The molecule has 1 spiro atoms. The van der Waals surface area contributed by atoms with Gasteiger partial charge in [-0.3, -0.25) is 9.59 Å². The van der Waals surface area contributed by atoms with Gasteiger partial charge in [-0.05, 0) is 12.0 Å². The molecule has 0 bridgehead atoms. The molecule has 2 aliphatic rings. The van der Waals surface area contributed by atoms with Gasteiger partial charge in [-0.1, -0.05) is 32.0 Å². The Labute approximate surface area is 193 Å². The number of nitrogens with one attached hydrogen (secondary N) is 1. The molecular weight excluding hydrogens is 418 g/mol. The summed E-state index contributed by atoms with van der Waals surface area (Å²) in [7, 11) is 1.96. The van der Waals surface area contributed by atoms with Gasteiger partial charge in [0, 0.05) is 69.0 Å². The van der Waals surface area contributed by atoms with Crippen molar-refractivity contribution in [1.82, 2.24) is 24.3 Å². The summed E-state index contributed by atoms with van der Waals surface area (Å²) in [6, 6.07) is 7.97. The molecule has 1 saturated heterocycles. The Hall–Kier alpha value is -3.13. The van der Waals surface area contributed by atoms with Crippen molar-refractivity contribution in [2.45, 2.75) is 44.9 Å². The lowest BCUT2D eigenvalue weighted by atomic mass is 9.88. The zero-order valence-electron chi connectivity index (χ0n) is 19.5. The van der Waals surface area contributed by atoms with Crippen LogP contribution in [0.15, 0.2) is 42.9 Å². The number of nitrogens with zero attached hydrogens (tertiary/aromatic N) is 4. The molecule has 174 valence electrons. The van der Waals surface area contributed by atoms with E-state index in [4.69, 9.17) is 4.74 Å². The maximum absolute atomic E-state index is 13.4. The molecule has 1 aromatic carbocycles. The summed E-state index contributed by atoms with van der Waals surface area (Å²) < 4.78 is 10.5. The number of fused-ring (bicyclic) bond motifs is 3. The lowest BCUT2D eigenvalue weighted by Crippen LogP contribution is -2.55. The monoisotopic (exact) mass is 449 g/mol. The van der Waals surface area contributed by atoms with E-state index in [0.717, 1.165) is 22.3 Å². The zero-order valence-corrected chi connectivity index (χ0v) is 19.5. The number of aryl methyl sites for hydroxylation is 1.